The van der Waals surface area contributed by atoms with Crippen LogP contribution in [-0.2, 0) is 17.3 Å². The maximum atomic E-state index is 13.0. The second kappa shape index (κ2) is 4.71. The van der Waals surface area contributed by atoms with Gasteiger partial charge in [-0.15, -0.1) is 5.10 Å². The van der Waals surface area contributed by atoms with Gasteiger partial charge in [-0.3, -0.25) is 4.79 Å². The van der Waals surface area contributed by atoms with Crippen LogP contribution >= 0.6 is 0 Å². The lowest BCUT2D eigenvalue weighted by molar-refractivity contribution is -0.127. The summed E-state index contributed by atoms with van der Waals surface area (Å²) in [5.74, 6) is 0.168. The van der Waals surface area contributed by atoms with E-state index in [1.807, 2.05) is 53.8 Å². The molecule has 6 nitrogen and oxygen atoms in total. The average molecular weight is 338 g/mol. The van der Waals surface area contributed by atoms with Gasteiger partial charge in [-0.05, 0) is 52.3 Å². The van der Waals surface area contributed by atoms with Gasteiger partial charge in [-0.2, -0.15) is 0 Å². The molecule has 0 aliphatic carbocycles. The van der Waals surface area contributed by atoms with E-state index in [-0.39, 0.29) is 5.78 Å². The second-order valence-electron chi connectivity index (χ2n) is 7.86. The number of carbonyl (C=O) groups is 1. The number of furan rings is 1. The van der Waals surface area contributed by atoms with E-state index in [1.54, 1.807) is 10.9 Å². The summed E-state index contributed by atoms with van der Waals surface area (Å²) in [6.45, 7) is 9.75. The normalized spacial score (nSPS) is 18.2. The smallest absolute Gasteiger partial charge is 0.167 e. The predicted octanol–water partition coefficient (Wildman–Crippen LogP) is 3.59. The van der Waals surface area contributed by atoms with Crippen LogP contribution in [0.3, 0.4) is 0 Å². The molecule has 4 rings (SSSR count). The minimum absolute atomic E-state index is 0.168. The van der Waals surface area contributed by atoms with Crippen molar-refractivity contribution in [1.82, 2.24) is 15.0 Å². The van der Waals surface area contributed by atoms with E-state index >= 15 is 0 Å². The molecule has 3 heterocycles. The Kier molecular flexibility index (Phi) is 2.99. The summed E-state index contributed by atoms with van der Waals surface area (Å²) < 4.78 is 7.56. The zero-order chi connectivity index (χ0) is 18.1. The monoisotopic (exact) mass is 338 g/mol. The second-order valence-corrected chi connectivity index (χ2v) is 7.86. The summed E-state index contributed by atoms with van der Waals surface area (Å²) >= 11 is 0. The molecule has 0 atom stereocenters. The highest BCUT2D eigenvalue weighted by Crippen LogP contribution is 2.47. The maximum Gasteiger partial charge on any atom is 0.167 e. The van der Waals surface area contributed by atoms with Crippen molar-refractivity contribution in [1.29, 1.82) is 0 Å². The predicted molar refractivity (Wildman–Crippen MR) is 96.7 cm³/mol. The fourth-order valence-electron chi connectivity index (χ4n) is 4.05. The molecule has 0 saturated heterocycles. The van der Waals surface area contributed by atoms with Crippen LogP contribution in [0.2, 0.25) is 0 Å². The van der Waals surface area contributed by atoms with E-state index in [1.165, 1.54) is 0 Å². The molecule has 0 saturated carbocycles. The van der Waals surface area contributed by atoms with Crippen molar-refractivity contribution in [3.8, 4) is 11.3 Å². The Morgan fingerprint density at radius 3 is 2.60 bits per heavy atom. The third kappa shape index (κ3) is 2.00. The van der Waals surface area contributed by atoms with Crippen molar-refractivity contribution in [2.45, 2.75) is 45.6 Å². The highest BCUT2D eigenvalue weighted by molar-refractivity contribution is 6.10. The third-order valence-corrected chi connectivity index (χ3v) is 5.23. The zero-order valence-electron chi connectivity index (χ0n) is 15.4. The molecule has 25 heavy (non-hydrogen) atoms. The van der Waals surface area contributed by atoms with Gasteiger partial charge >= 0.3 is 0 Å². The SMILES string of the molecule is Cc1nnn(C)c1-c1cc2c(c3ccoc13)NC(C)(C)C(=O)C2(C)C. The molecule has 1 aliphatic heterocycles. The number of carbonyl (C=O) groups excluding carboxylic acids is 1. The molecule has 1 aliphatic rings. The number of hydrogen-bond acceptors (Lipinski definition) is 5. The molecule has 2 aromatic heterocycles. The molecule has 1 aromatic carbocycles. The summed E-state index contributed by atoms with van der Waals surface area (Å²) in [7, 11) is 1.86. The van der Waals surface area contributed by atoms with Crippen LogP contribution in [0.15, 0.2) is 22.8 Å². The number of ketones is 1. The number of nitrogens with zero attached hydrogens (tertiary/aromatic N) is 3. The average Bonchev–Trinajstić information content (AvgIpc) is 3.13. The first-order chi connectivity index (χ1) is 11.6. The molecule has 130 valence electrons. The van der Waals surface area contributed by atoms with Gasteiger partial charge in [0.05, 0.1) is 34.3 Å². The Balaban J connectivity index is 2.12. The molecular weight excluding hydrogens is 316 g/mol. The topological polar surface area (TPSA) is 73.0 Å². The molecule has 0 spiro atoms. The van der Waals surface area contributed by atoms with Crippen LogP contribution in [0, 0.1) is 6.92 Å². The van der Waals surface area contributed by atoms with Crippen LogP contribution in [-0.4, -0.2) is 26.3 Å². The number of nitrogens with one attached hydrogen (secondary N) is 1. The molecular formula is C19H22N4O2. The maximum absolute atomic E-state index is 13.0. The number of fused-ring (bicyclic) bond motifs is 3. The Labute approximate surface area is 146 Å². The molecule has 1 N–H and O–H groups in total. The molecule has 0 amide bonds. The summed E-state index contributed by atoms with van der Waals surface area (Å²) in [5.41, 5.74) is 4.11. The molecule has 0 fully saturated rings. The van der Waals surface area contributed by atoms with Crippen molar-refractivity contribution < 1.29 is 9.21 Å². The van der Waals surface area contributed by atoms with Crippen molar-refractivity contribution in [3.63, 3.8) is 0 Å². The quantitative estimate of drug-likeness (QED) is 0.734. The first kappa shape index (κ1) is 15.9. The van der Waals surface area contributed by atoms with E-state index in [9.17, 15) is 4.79 Å². The van der Waals surface area contributed by atoms with Gasteiger partial charge in [0.15, 0.2) is 5.78 Å². The van der Waals surface area contributed by atoms with E-state index in [2.05, 4.69) is 15.6 Å². The van der Waals surface area contributed by atoms with E-state index in [4.69, 9.17) is 4.42 Å². The zero-order valence-corrected chi connectivity index (χ0v) is 15.4. The van der Waals surface area contributed by atoms with Crippen molar-refractivity contribution in [3.05, 3.63) is 29.7 Å². The fraction of sp³-hybridized carbons (Fsp3) is 0.421. The lowest BCUT2D eigenvalue weighted by Crippen LogP contribution is -2.53. The van der Waals surface area contributed by atoms with Gasteiger partial charge in [-0.25, -0.2) is 4.68 Å². The van der Waals surface area contributed by atoms with Gasteiger partial charge < -0.3 is 9.73 Å². The first-order valence-electron chi connectivity index (χ1n) is 8.39. The highest BCUT2D eigenvalue weighted by atomic mass is 16.3. The summed E-state index contributed by atoms with van der Waals surface area (Å²) in [6.07, 6.45) is 1.69. The molecule has 0 unspecified atom stereocenters. The van der Waals surface area contributed by atoms with E-state index in [0.717, 1.165) is 39.2 Å². The minimum atomic E-state index is -0.633. The Bertz CT molecular complexity index is 1000. The van der Waals surface area contributed by atoms with Gasteiger partial charge in [-0.1, -0.05) is 5.21 Å². The van der Waals surface area contributed by atoms with Crippen molar-refractivity contribution >= 4 is 22.4 Å². The van der Waals surface area contributed by atoms with Crippen LogP contribution in [0.4, 0.5) is 5.69 Å². The summed E-state index contributed by atoms with van der Waals surface area (Å²) in [5, 5.41) is 12.7. The molecule has 3 aromatic rings. The lowest BCUT2D eigenvalue weighted by Gasteiger charge is -2.42. The van der Waals surface area contributed by atoms with Crippen molar-refractivity contribution in [2.75, 3.05) is 5.32 Å². The summed E-state index contributed by atoms with van der Waals surface area (Å²) in [6, 6.07) is 4.00. The minimum Gasteiger partial charge on any atom is -0.464 e. The molecule has 0 bridgehead atoms. The fourth-order valence-corrected chi connectivity index (χ4v) is 4.05. The number of benzene rings is 1. The highest BCUT2D eigenvalue weighted by Gasteiger charge is 2.47. The van der Waals surface area contributed by atoms with Gasteiger partial charge in [0.25, 0.3) is 0 Å². The third-order valence-electron chi connectivity index (χ3n) is 5.23. The van der Waals surface area contributed by atoms with Crippen LogP contribution in [0.1, 0.15) is 39.0 Å². The Morgan fingerprint density at radius 1 is 1.24 bits per heavy atom. The van der Waals surface area contributed by atoms with E-state index < -0.39 is 11.0 Å². The van der Waals surface area contributed by atoms with Crippen molar-refractivity contribution in [2.24, 2.45) is 7.05 Å². The van der Waals surface area contributed by atoms with Crippen LogP contribution < -0.4 is 5.32 Å². The molecule has 6 heteroatoms. The van der Waals surface area contributed by atoms with Gasteiger partial charge in [0.1, 0.15) is 5.58 Å². The lowest BCUT2D eigenvalue weighted by atomic mass is 9.69. The van der Waals surface area contributed by atoms with Gasteiger partial charge in [0.2, 0.25) is 0 Å². The van der Waals surface area contributed by atoms with Gasteiger partial charge in [0, 0.05) is 18.0 Å². The molecule has 0 radical (unpaired) electrons. The Morgan fingerprint density at radius 2 is 1.96 bits per heavy atom. The van der Waals surface area contributed by atoms with Crippen LogP contribution in [0.25, 0.3) is 22.2 Å². The number of anilines is 1. The number of aromatic nitrogens is 3. The van der Waals surface area contributed by atoms with E-state index in [0.29, 0.717) is 0 Å². The first-order valence-corrected chi connectivity index (χ1v) is 8.39. The largest absolute Gasteiger partial charge is 0.464 e. The standard InChI is InChI=1S/C19H22N4O2/c1-10-15(23(6)22-21-10)12-9-13-14(11-7-8-25-16(11)12)20-19(4,5)17(24)18(13,2)3/h7-9,20H,1-6H3. The number of Topliss-reactive ketones (excluding diaryl/α,β-unsaturated/α-hetero) is 1. The number of hydrogen-bond donors (Lipinski definition) is 1. The number of aryl methyl sites for hydroxylation is 2. The van der Waals surface area contributed by atoms with Crippen LogP contribution in [0.5, 0.6) is 0 Å². The summed E-state index contributed by atoms with van der Waals surface area (Å²) in [4.78, 5) is 13.0. The Hall–Kier alpha value is -2.63. The number of rotatable bonds is 1.